The van der Waals surface area contributed by atoms with Crippen LogP contribution in [0.15, 0.2) is 9.52 Å². The number of aromatic nitrogens is 2. The Morgan fingerprint density at radius 3 is 2.55 bits per heavy atom. The molecule has 0 bridgehead atoms. The molecule has 0 radical (unpaired) electrons. The van der Waals surface area contributed by atoms with Crippen LogP contribution in [0.2, 0.25) is 0 Å². The Morgan fingerprint density at radius 1 is 1.25 bits per heavy atom. The number of rotatable bonds is 7. The molecule has 0 fully saturated rings. The summed E-state index contributed by atoms with van der Waals surface area (Å²) in [5.74, 6) is 3.24. The van der Waals surface area contributed by atoms with E-state index in [4.69, 9.17) is 4.52 Å². The molecule has 114 valence electrons. The van der Waals surface area contributed by atoms with E-state index in [-0.39, 0.29) is 0 Å². The first-order chi connectivity index (χ1) is 9.52. The van der Waals surface area contributed by atoms with Crippen LogP contribution in [0.4, 0.5) is 0 Å². The van der Waals surface area contributed by atoms with E-state index < -0.39 is 0 Å². The SMILES string of the molecule is CN=C(NCCCc1nc(C(C)C)no1)NCC(C)C. The lowest BCUT2D eigenvalue weighted by Gasteiger charge is -2.12. The predicted molar refractivity (Wildman–Crippen MR) is 80.9 cm³/mol. The number of hydrogen-bond donors (Lipinski definition) is 2. The Morgan fingerprint density at radius 2 is 2.00 bits per heavy atom. The lowest BCUT2D eigenvalue weighted by atomic mass is 10.2. The van der Waals surface area contributed by atoms with E-state index in [0.717, 1.165) is 37.7 Å². The van der Waals surface area contributed by atoms with Crippen LogP contribution >= 0.6 is 0 Å². The molecule has 0 aromatic carbocycles. The van der Waals surface area contributed by atoms with E-state index in [0.29, 0.717) is 17.7 Å². The number of nitrogens with one attached hydrogen (secondary N) is 2. The van der Waals surface area contributed by atoms with Crippen LogP contribution in [0, 0.1) is 5.92 Å². The highest BCUT2D eigenvalue weighted by atomic mass is 16.5. The van der Waals surface area contributed by atoms with Crippen molar-refractivity contribution in [3.63, 3.8) is 0 Å². The zero-order valence-corrected chi connectivity index (χ0v) is 13.2. The summed E-state index contributed by atoms with van der Waals surface area (Å²) in [5, 5.41) is 10.5. The summed E-state index contributed by atoms with van der Waals surface area (Å²) in [6, 6.07) is 0. The molecule has 0 aliphatic carbocycles. The van der Waals surface area contributed by atoms with Gasteiger partial charge in [-0.15, -0.1) is 0 Å². The third-order valence-electron chi connectivity index (χ3n) is 2.76. The van der Waals surface area contributed by atoms with Crippen LogP contribution in [0.25, 0.3) is 0 Å². The first kappa shape index (κ1) is 16.5. The van der Waals surface area contributed by atoms with Gasteiger partial charge < -0.3 is 15.2 Å². The second-order valence-corrected chi connectivity index (χ2v) is 5.58. The van der Waals surface area contributed by atoms with Gasteiger partial charge in [0.15, 0.2) is 11.8 Å². The zero-order valence-electron chi connectivity index (χ0n) is 13.2. The number of guanidine groups is 1. The van der Waals surface area contributed by atoms with Crippen molar-refractivity contribution in [1.29, 1.82) is 0 Å². The fourth-order valence-corrected chi connectivity index (χ4v) is 1.57. The first-order valence-electron chi connectivity index (χ1n) is 7.30. The molecule has 0 spiro atoms. The summed E-state index contributed by atoms with van der Waals surface area (Å²) in [6.45, 7) is 10.2. The molecule has 0 amide bonds. The quantitative estimate of drug-likeness (QED) is 0.454. The Hall–Kier alpha value is -1.59. The summed E-state index contributed by atoms with van der Waals surface area (Å²) in [4.78, 5) is 8.53. The van der Waals surface area contributed by atoms with Crippen molar-refractivity contribution in [2.45, 2.75) is 46.5 Å². The zero-order chi connectivity index (χ0) is 15.0. The molecule has 2 N–H and O–H groups in total. The van der Waals surface area contributed by atoms with Gasteiger partial charge in [-0.25, -0.2) is 0 Å². The van der Waals surface area contributed by atoms with Gasteiger partial charge in [0.05, 0.1) is 0 Å². The minimum Gasteiger partial charge on any atom is -0.356 e. The lowest BCUT2D eigenvalue weighted by Crippen LogP contribution is -2.39. The van der Waals surface area contributed by atoms with Crippen LogP contribution in [-0.4, -0.2) is 36.2 Å². The van der Waals surface area contributed by atoms with Crippen LogP contribution < -0.4 is 10.6 Å². The highest BCUT2D eigenvalue weighted by Gasteiger charge is 2.09. The van der Waals surface area contributed by atoms with Crippen LogP contribution in [0.3, 0.4) is 0 Å². The van der Waals surface area contributed by atoms with E-state index in [1.165, 1.54) is 0 Å². The summed E-state index contributed by atoms with van der Waals surface area (Å²) in [5.41, 5.74) is 0. The van der Waals surface area contributed by atoms with Crippen molar-refractivity contribution in [3.05, 3.63) is 11.7 Å². The Bertz CT molecular complexity index is 411. The maximum Gasteiger partial charge on any atom is 0.226 e. The fourth-order valence-electron chi connectivity index (χ4n) is 1.57. The number of aliphatic imine (C=N–C) groups is 1. The average Bonchev–Trinajstić information content (AvgIpc) is 2.86. The van der Waals surface area contributed by atoms with Gasteiger partial charge in [-0.05, 0) is 12.3 Å². The minimum absolute atomic E-state index is 0.310. The van der Waals surface area contributed by atoms with Gasteiger partial charge >= 0.3 is 0 Å². The van der Waals surface area contributed by atoms with Gasteiger partial charge in [-0.3, -0.25) is 4.99 Å². The molecule has 6 heteroatoms. The third kappa shape index (κ3) is 6.04. The third-order valence-corrected chi connectivity index (χ3v) is 2.76. The Balaban J connectivity index is 2.23. The number of nitrogens with zero attached hydrogens (tertiary/aromatic N) is 3. The largest absolute Gasteiger partial charge is 0.356 e. The van der Waals surface area contributed by atoms with Crippen LogP contribution in [0.5, 0.6) is 0 Å². The molecule has 1 rings (SSSR count). The fraction of sp³-hybridized carbons (Fsp3) is 0.786. The molecule has 1 aromatic heterocycles. The highest BCUT2D eigenvalue weighted by molar-refractivity contribution is 5.79. The lowest BCUT2D eigenvalue weighted by molar-refractivity contribution is 0.368. The Labute approximate surface area is 121 Å². The van der Waals surface area contributed by atoms with E-state index in [9.17, 15) is 0 Å². The summed E-state index contributed by atoms with van der Waals surface area (Å²) < 4.78 is 5.20. The van der Waals surface area contributed by atoms with E-state index in [1.54, 1.807) is 7.05 Å². The Kier molecular flexibility index (Phi) is 7.04. The molecule has 1 aromatic rings. The van der Waals surface area contributed by atoms with Crippen molar-refractivity contribution in [2.75, 3.05) is 20.1 Å². The van der Waals surface area contributed by atoms with Gasteiger partial charge in [0.2, 0.25) is 5.89 Å². The summed E-state index contributed by atoms with van der Waals surface area (Å²) >= 11 is 0. The summed E-state index contributed by atoms with van der Waals surface area (Å²) in [6.07, 6.45) is 1.72. The average molecular weight is 281 g/mol. The van der Waals surface area contributed by atoms with E-state index >= 15 is 0 Å². The molecule has 6 nitrogen and oxygen atoms in total. The van der Waals surface area contributed by atoms with Gasteiger partial charge in [0, 0.05) is 32.5 Å². The van der Waals surface area contributed by atoms with Gasteiger partial charge in [-0.1, -0.05) is 32.9 Å². The van der Waals surface area contributed by atoms with Crippen molar-refractivity contribution in [1.82, 2.24) is 20.8 Å². The maximum atomic E-state index is 5.20. The molecule has 0 aliphatic heterocycles. The summed E-state index contributed by atoms with van der Waals surface area (Å²) in [7, 11) is 1.78. The standard InChI is InChI=1S/C14H27N5O/c1-10(2)9-17-14(15-5)16-8-6-7-12-18-13(11(3)4)19-20-12/h10-11H,6-9H2,1-5H3,(H2,15,16,17). The van der Waals surface area contributed by atoms with Crippen molar-refractivity contribution >= 4 is 5.96 Å². The van der Waals surface area contributed by atoms with Gasteiger partial charge in [-0.2, -0.15) is 4.98 Å². The topological polar surface area (TPSA) is 75.3 Å². The normalized spacial score (nSPS) is 12.2. The van der Waals surface area contributed by atoms with Crippen molar-refractivity contribution in [2.24, 2.45) is 10.9 Å². The second kappa shape index (κ2) is 8.55. The predicted octanol–water partition coefficient (Wildman–Crippen LogP) is 1.95. The van der Waals surface area contributed by atoms with Gasteiger partial charge in [0.1, 0.15) is 0 Å². The molecule has 0 aliphatic rings. The molecular formula is C14H27N5O. The molecular weight excluding hydrogens is 254 g/mol. The molecule has 0 unspecified atom stereocenters. The van der Waals surface area contributed by atoms with Crippen molar-refractivity contribution < 1.29 is 4.52 Å². The van der Waals surface area contributed by atoms with Gasteiger partial charge in [0.25, 0.3) is 0 Å². The number of hydrogen-bond acceptors (Lipinski definition) is 4. The molecule has 0 saturated carbocycles. The monoisotopic (exact) mass is 281 g/mol. The molecule has 0 saturated heterocycles. The van der Waals surface area contributed by atoms with Crippen molar-refractivity contribution in [3.8, 4) is 0 Å². The van der Waals surface area contributed by atoms with E-state index in [1.807, 2.05) is 0 Å². The van der Waals surface area contributed by atoms with Crippen LogP contribution in [0.1, 0.15) is 51.7 Å². The number of aryl methyl sites for hydroxylation is 1. The first-order valence-corrected chi connectivity index (χ1v) is 7.30. The molecule has 20 heavy (non-hydrogen) atoms. The van der Waals surface area contributed by atoms with Crippen LogP contribution in [-0.2, 0) is 6.42 Å². The van der Waals surface area contributed by atoms with E-state index in [2.05, 4.69) is 53.5 Å². The smallest absolute Gasteiger partial charge is 0.226 e. The highest BCUT2D eigenvalue weighted by Crippen LogP contribution is 2.10. The minimum atomic E-state index is 0.310. The second-order valence-electron chi connectivity index (χ2n) is 5.58. The molecule has 0 atom stereocenters. The maximum absolute atomic E-state index is 5.20. The molecule has 1 heterocycles.